The molecule has 2 aromatic carbocycles. The maximum atomic E-state index is 13.4. The zero-order chi connectivity index (χ0) is 17.7. The van der Waals surface area contributed by atoms with E-state index in [2.05, 4.69) is 10.1 Å². The lowest BCUT2D eigenvalue weighted by Crippen LogP contribution is -2.22. The molecule has 0 aromatic heterocycles. The second kappa shape index (κ2) is 7.45. The van der Waals surface area contributed by atoms with Crippen molar-refractivity contribution in [3.8, 4) is 0 Å². The van der Waals surface area contributed by atoms with E-state index < -0.39 is 35.7 Å². The number of benzene rings is 2. The Bertz CT molecular complexity index is 785. The second-order valence-corrected chi connectivity index (χ2v) is 4.86. The van der Waals surface area contributed by atoms with Gasteiger partial charge in [0.05, 0.1) is 0 Å². The van der Waals surface area contributed by atoms with Crippen molar-refractivity contribution in [3.63, 3.8) is 0 Å². The number of ether oxygens (including phenoxy) is 1. The van der Waals surface area contributed by atoms with Gasteiger partial charge in [0.1, 0.15) is 17.2 Å². The molecule has 0 saturated heterocycles. The topological polar surface area (TPSA) is 72.5 Å². The van der Waals surface area contributed by atoms with Gasteiger partial charge in [-0.3, -0.25) is 9.59 Å². The van der Waals surface area contributed by atoms with E-state index in [1.54, 1.807) is 18.2 Å². The normalized spacial score (nSPS) is 10.1. The molecular formula is C17H13F2NO4. The number of ketones is 1. The van der Waals surface area contributed by atoms with E-state index in [0.29, 0.717) is 11.3 Å². The molecule has 24 heavy (non-hydrogen) atoms. The predicted octanol–water partition coefficient (Wildman–Crippen LogP) is 2.96. The lowest BCUT2D eigenvalue weighted by atomic mass is 10.1. The van der Waals surface area contributed by atoms with Gasteiger partial charge in [-0.2, -0.15) is 0 Å². The van der Waals surface area contributed by atoms with E-state index in [1.807, 2.05) is 0 Å². The molecule has 0 atom stereocenters. The quantitative estimate of drug-likeness (QED) is 0.674. The van der Waals surface area contributed by atoms with Gasteiger partial charge in [0.25, 0.3) is 5.91 Å². The number of esters is 1. The Labute approximate surface area is 136 Å². The van der Waals surface area contributed by atoms with Gasteiger partial charge in [0, 0.05) is 11.3 Å². The van der Waals surface area contributed by atoms with E-state index >= 15 is 0 Å². The number of carbonyl (C=O) groups excluding carboxylic acids is 3. The third-order valence-electron chi connectivity index (χ3n) is 3.05. The minimum absolute atomic E-state index is 0.174. The maximum absolute atomic E-state index is 13.4. The van der Waals surface area contributed by atoms with E-state index in [-0.39, 0.29) is 5.78 Å². The van der Waals surface area contributed by atoms with Crippen LogP contribution in [0.4, 0.5) is 14.5 Å². The van der Waals surface area contributed by atoms with Gasteiger partial charge in [-0.15, -0.1) is 0 Å². The number of nitrogens with one attached hydrogen (secondary N) is 1. The molecule has 0 radical (unpaired) electrons. The van der Waals surface area contributed by atoms with Gasteiger partial charge in [-0.1, -0.05) is 18.2 Å². The highest BCUT2D eigenvalue weighted by molar-refractivity contribution is 5.98. The Morgan fingerprint density at radius 3 is 2.29 bits per heavy atom. The first-order chi connectivity index (χ1) is 11.4. The Morgan fingerprint density at radius 2 is 1.67 bits per heavy atom. The van der Waals surface area contributed by atoms with Crippen LogP contribution in [0.25, 0.3) is 0 Å². The fourth-order valence-electron chi connectivity index (χ4n) is 1.91. The summed E-state index contributed by atoms with van der Waals surface area (Å²) in [5, 5.41) is 2.42. The summed E-state index contributed by atoms with van der Waals surface area (Å²) in [6.07, 6.45) is 0. The Hall–Kier alpha value is -3.09. The number of hydrogen-bond acceptors (Lipinski definition) is 4. The number of amides is 1. The molecule has 1 N–H and O–H groups in total. The zero-order valence-corrected chi connectivity index (χ0v) is 12.6. The molecule has 0 aliphatic heterocycles. The van der Waals surface area contributed by atoms with Crippen molar-refractivity contribution >= 4 is 23.3 Å². The van der Waals surface area contributed by atoms with Crippen LogP contribution >= 0.6 is 0 Å². The van der Waals surface area contributed by atoms with Crippen LogP contribution in [-0.4, -0.2) is 24.3 Å². The average molecular weight is 333 g/mol. The van der Waals surface area contributed by atoms with E-state index in [9.17, 15) is 23.2 Å². The molecule has 5 nitrogen and oxygen atoms in total. The number of carbonyl (C=O) groups is 3. The molecule has 0 unspecified atom stereocenters. The molecule has 2 aromatic rings. The molecule has 0 fully saturated rings. The molecule has 2 rings (SSSR count). The smallest absolute Gasteiger partial charge is 0.344 e. The maximum Gasteiger partial charge on any atom is 0.344 e. The van der Waals surface area contributed by atoms with Crippen molar-refractivity contribution in [3.05, 3.63) is 65.2 Å². The van der Waals surface area contributed by atoms with Crippen LogP contribution in [-0.2, 0) is 9.53 Å². The van der Waals surface area contributed by atoms with Gasteiger partial charge >= 0.3 is 5.97 Å². The van der Waals surface area contributed by atoms with Crippen molar-refractivity contribution < 1.29 is 27.9 Å². The monoisotopic (exact) mass is 333 g/mol. The SMILES string of the molecule is CC(=O)c1cccc(NC(=O)COC(=O)c2c(F)cccc2F)c1. The second-order valence-electron chi connectivity index (χ2n) is 4.86. The molecule has 1 amide bonds. The first kappa shape index (κ1) is 17.3. The van der Waals surface area contributed by atoms with Crippen LogP contribution in [0.1, 0.15) is 27.6 Å². The zero-order valence-electron chi connectivity index (χ0n) is 12.6. The summed E-state index contributed by atoms with van der Waals surface area (Å²) in [7, 11) is 0. The number of rotatable bonds is 5. The van der Waals surface area contributed by atoms with Gasteiger partial charge in [-0.25, -0.2) is 13.6 Å². The van der Waals surface area contributed by atoms with E-state index in [0.717, 1.165) is 18.2 Å². The van der Waals surface area contributed by atoms with Crippen LogP contribution in [0.3, 0.4) is 0 Å². The Balaban J connectivity index is 1.97. The van der Waals surface area contributed by atoms with Crippen molar-refractivity contribution in [1.29, 1.82) is 0 Å². The lowest BCUT2D eigenvalue weighted by Gasteiger charge is -2.08. The van der Waals surface area contributed by atoms with Gasteiger partial charge in [-0.05, 0) is 31.2 Å². The lowest BCUT2D eigenvalue weighted by molar-refractivity contribution is -0.119. The van der Waals surface area contributed by atoms with Crippen molar-refractivity contribution in [1.82, 2.24) is 0 Å². The van der Waals surface area contributed by atoms with Crippen LogP contribution in [0.2, 0.25) is 0 Å². The standard InChI is InChI=1S/C17H13F2NO4/c1-10(21)11-4-2-5-12(8-11)20-15(22)9-24-17(23)16-13(18)6-3-7-14(16)19/h2-8H,9H2,1H3,(H,20,22). The molecule has 0 saturated carbocycles. The summed E-state index contributed by atoms with van der Waals surface area (Å²) in [4.78, 5) is 34.7. The van der Waals surface area contributed by atoms with Crippen LogP contribution < -0.4 is 5.32 Å². The first-order valence-electron chi connectivity index (χ1n) is 6.90. The average Bonchev–Trinajstić information content (AvgIpc) is 2.53. The van der Waals surface area contributed by atoms with Crippen LogP contribution in [0.5, 0.6) is 0 Å². The molecule has 124 valence electrons. The van der Waals surface area contributed by atoms with Crippen molar-refractivity contribution in [2.45, 2.75) is 6.92 Å². The summed E-state index contributed by atoms with van der Waals surface area (Å²) >= 11 is 0. The number of hydrogen-bond donors (Lipinski definition) is 1. The molecular weight excluding hydrogens is 320 g/mol. The minimum atomic E-state index is -1.28. The van der Waals surface area contributed by atoms with Crippen molar-refractivity contribution in [2.24, 2.45) is 0 Å². The Morgan fingerprint density at radius 1 is 1.04 bits per heavy atom. The van der Waals surface area contributed by atoms with E-state index in [1.165, 1.54) is 13.0 Å². The highest BCUT2D eigenvalue weighted by Crippen LogP contribution is 2.14. The molecule has 0 heterocycles. The van der Waals surface area contributed by atoms with E-state index in [4.69, 9.17) is 0 Å². The number of anilines is 1. The summed E-state index contributed by atoms with van der Waals surface area (Å²) in [5.74, 6) is -4.31. The molecule has 0 aliphatic carbocycles. The molecule has 0 bridgehead atoms. The summed E-state index contributed by atoms with van der Waals surface area (Å²) in [5.41, 5.74) is -0.122. The fraction of sp³-hybridized carbons (Fsp3) is 0.118. The summed E-state index contributed by atoms with van der Waals surface area (Å²) in [6.45, 7) is 0.655. The Kier molecular flexibility index (Phi) is 5.36. The van der Waals surface area contributed by atoms with Gasteiger partial charge in [0.2, 0.25) is 0 Å². The molecule has 0 aliphatic rings. The third-order valence-corrected chi connectivity index (χ3v) is 3.05. The van der Waals surface area contributed by atoms with Crippen molar-refractivity contribution in [2.75, 3.05) is 11.9 Å². The van der Waals surface area contributed by atoms with Gasteiger partial charge in [0.15, 0.2) is 12.4 Å². The minimum Gasteiger partial charge on any atom is -0.452 e. The number of Topliss-reactive ketones (excluding diaryl/α,β-unsaturated/α-hetero) is 1. The first-order valence-corrected chi connectivity index (χ1v) is 6.90. The highest BCUT2D eigenvalue weighted by atomic mass is 19.1. The highest BCUT2D eigenvalue weighted by Gasteiger charge is 2.19. The predicted molar refractivity (Wildman–Crippen MR) is 81.7 cm³/mol. The van der Waals surface area contributed by atoms with Crippen LogP contribution in [0, 0.1) is 11.6 Å². The molecule has 7 heteroatoms. The van der Waals surface area contributed by atoms with Gasteiger partial charge < -0.3 is 10.1 Å². The fourth-order valence-corrected chi connectivity index (χ4v) is 1.91. The van der Waals surface area contributed by atoms with Crippen LogP contribution in [0.15, 0.2) is 42.5 Å². The largest absolute Gasteiger partial charge is 0.452 e. The number of halogens is 2. The summed E-state index contributed by atoms with van der Waals surface area (Å²) in [6, 6.07) is 9.09. The third kappa shape index (κ3) is 4.22. The summed E-state index contributed by atoms with van der Waals surface area (Å²) < 4.78 is 31.4. The molecule has 0 spiro atoms.